The minimum Gasteiger partial charge on any atom is -0.593 e. The second-order valence-electron chi connectivity index (χ2n) is 6.92. The van der Waals surface area contributed by atoms with Crippen LogP contribution in [0.15, 0.2) is 47.5 Å². The van der Waals surface area contributed by atoms with Crippen molar-refractivity contribution in [3.63, 3.8) is 0 Å². The summed E-state index contributed by atoms with van der Waals surface area (Å²) in [5.74, 6) is 0.200. The normalized spacial score (nSPS) is 27.6. The molecule has 1 amide bonds. The Labute approximate surface area is 163 Å². The van der Waals surface area contributed by atoms with Gasteiger partial charge in [-0.05, 0) is 37.1 Å². The maximum Gasteiger partial charge on any atom is 0.253 e. The minimum absolute atomic E-state index is 0.119. The maximum atomic E-state index is 12.9. The molecule has 7 nitrogen and oxygen atoms in total. The van der Waals surface area contributed by atoms with Crippen LogP contribution in [-0.4, -0.2) is 45.5 Å². The second-order valence-corrected chi connectivity index (χ2v) is 9.09. The highest BCUT2D eigenvalue weighted by atomic mass is 35.5. The molecule has 0 saturated carbocycles. The SMILES string of the molecule is O=C(c1cccc(Cl)c1)N1CCCC2(CN[S+](=O)([O-])c3cccnc3N2)C1. The topological polar surface area (TPSA) is 97.4 Å². The third-order valence-electron chi connectivity index (χ3n) is 4.98. The molecule has 0 bridgehead atoms. The monoisotopic (exact) mass is 406 g/mol. The molecule has 9 heteroatoms. The van der Waals surface area contributed by atoms with Gasteiger partial charge in [-0.1, -0.05) is 21.9 Å². The molecule has 4 rings (SSSR count). The van der Waals surface area contributed by atoms with E-state index in [1.165, 1.54) is 6.07 Å². The molecule has 1 aromatic carbocycles. The summed E-state index contributed by atoms with van der Waals surface area (Å²) in [6.07, 6.45) is 3.03. The van der Waals surface area contributed by atoms with E-state index in [2.05, 4.69) is 15.0 Å². The zero-order chi connectivity index (χ0) is 19.1. The number of amides is 1. The summed E-state index contributed by atoms with van der Waals surface area (Å²) in [5.41, 5.74) is -0.0913. The first-order valence-electron chi connectivity index (χ1n) is 8.66. The standard InChI is InChI=1S/C18H19ClN4O3S/c19-14-5-1-4-13(10-14)17(24)23-9-3-7-18(12-23)11-21-27(25,26)15-6-2-8-20-16(15)22-18/h1-2,4-6,8,10H,3,7,9,11-12H2,(H2-,20,21,22,25,26). The lowest BCUT2D eigenvalue weighted by Crippen LogP contribution is -2.59. The Hall–Kier alpha value is -2.00. The number of benzene rings is 1. The predicted octanol–water partition coefficient (Wildman–Crippen LogP) is 2.33. The largest absolute Gasteiger partial charge is 0.593 e. The lowest BCUT2D eigenvalue weighted by molar-refractivity contribution is 0.0663. The number of rotatable bonds is 1. The fourth-order valence-corrected chi connectivity index (χ4v) is 5.09. The van der Waals surface area contributed by atoms with Crippen molar-refractivity contribution in [2.75, 3.05) is 25.0 Å². The third-order valence-corrected chi connectivity index (χ3v) is 6.65. The molecule has 1 fully saturated rings. The Balaban J connectivity index is 1.62. The van der Waals surface area contributed by atoms with Gasteiger partial charge in [0.25, 0.3) is 5.91 Å². The van der Waals surface area contributed by atoms with E-state index >= 15 is 0 Å². The number of nitrogens with zero attached hydrogens (tertiary/aromatic N) is 2. The summed E-state index contributed by atoms with van der Waals surface area (Å²) in [5, 5.41) is 3.81. The van der Waals surface area contributed by atoms with Crippen LogP contribution < -0.4 is 10.0 Å². The number of carbonyl (C=O) groups excluding carboxylic acids is 1. The first-order chi connectivity index (χ1) is 12.9. The average molecular weight is 407 g/mol. The van der Waals surface area contributed by atoms with Crippen LogP contribution >= 0.6 is 11.6 Å². The van der Waals surface area contributed by atoms with Crippen LogP contribution in [0.25, 0.3) is 0 Å². The highest BCUT2D eigenvalue weighted by Gasteiger charge is 2.43. The van der Waals surface area contributed by atoms with E-state index < -0.39 is 15.9 Å². The summed E-state index contributed by atoms with van der Waals surface area (Å²) >= 11 is 6.01. The van der Waals surface area contributed by atoms with Crippen molar-refractivity contribution in [1.82, 2.24) is 14.6 Å². The Morgan fingerprint density at radius 2 is 2.19 bits per heavy atom. The van der Waals surface area contributed by atoms with Crippen molar-refractivity contribution in [3.8, 4) is 0 Å². The van der Waals surface area contributed by atoms with Crippen LogP contribution in [-0.2, 0) is 14.6 Å². The van der Waals surface area contributed by atoms with Crippen LogP contribution in [0.3, 0.4) is 0 Å². The van der Waals surface area contributed by atoms with Gasteiger partial charge in [-0.25, -0.2) is 4.98 Å². The molecule has 2 N–H and O–H groups in total. The van der Waals surface area contributed by atoms with E-state index in [0.717, 1.165) is 12.8 Å². The molecule has 2 atom stereocenters. The molecule has 1 aromatic heterocycles. The van der Waals surface area contributed by atoms with Gasteiger partial charge in [0.15, 0.2) is 16.2 Å². The van der Waals surface area contributed by atoms with Gasteiger partial charge >= 0.3 is 0 Å². The molecule has 2 aromatic rings. The van der Waals surface area contributed by atoms with Crippen LogP contribution in [0.4, 0.5) is 5.82 Å². The van der Waals surface area contributed by atoms with Crippen molar-refractivity contribution in [1.29, 1.82) is 0 Å². The number of anilines is 1. The molecule has 0 radical (unpaired) electrons. The number of likely N-dealkylation sites (tertiary alicyclic amines) is 1. The van der Waals surface area contributed by atoms with Gasteiger partial charge in [-0.2, -0.15) is 0 Å². The molecule has 2 aliphatic heterocycles. The van der Waals surface area contributed by atoms with Gasteiger partial charge in [0.1, 0.15) is 0 Å². The summed E-state index contributed by atoms with van der Waals surface area (Å²) < 4.78 is 27.7. The molecular formula is C18H19ClN4O3S. The second kappa shape index (κ2) is 6.87. The lowest BCUT2D eigenvalue weighted by atomic mass is 9.88. The van der Waals surface area contributed by atoms with E-state index in [1.807, 2.05) is 0 Å². The Morgan fingerprint density at radius 1 is 1.33 bits per heavy atom. The van der Waals surface area contributed by atoms with Gasteiger partial charge in [-0.15, -0.1) is 4.72 Å². The van der Waals surface area contributed by atoms with Crippen molar-refractivity contribution in [2.24, 2.45) is 0 Å². The van der Waals surface area contributed by atoms with Crippen molar-refractivity contribution < 1.29 is 13.6 Å². The number of hydrogen-bond donors (Lipinski definition) is 2. The van der Waals surface area contributed by atoms with Crippen LogP contribution in [0, 0.1) is 0 Å². The number of sulfonamides is 1. The van der Waals surface area contributed by atoms with Crippen molar-refractivity contribution in [3.05, 3.63) is 53.2 Å². The number of hydrogen-bond acceptors (Lipinski definition) is 5. The third kappa shape index (κ3) is 3.58. The minimum atomic E-state index is -3.65. The smallest absolute Gasteiger partial charge is 0.253 e. The molecular weight excluding hydrogens is 388 g/mol. The van der Waals surface area contributed by atoms with E-state index in [9.17, 15) is 13.6 Å². The van der Waals surface area contributed by atoms with Gasteiger partial charge in [-0.3, -0.25) is 4.79 Å². The van der Waals surface area contributed by atoms with E-state index in [-0.39, 0.29) is 17.3 Å². The maximum absolute atomic E-state index is 12.9. The number of pyridine rings is 1. The summed E-state index contributed by atoms with van der Waals surface area (Å²) in [6.45, 7) is 1.17. The molecule has 142 valence electrons. The molecule has 27 heavy (non-hydrogen) atoms. The summed E-state index contributed by atoms with van der Waals surface area (Å²) in [6, 6.07) is 9.95. The summed E-state index contributed by atoms with van der Waals surface area (Å²) in [7, 11) is -3.65. The van der Waals surface area contributed by atoms with Gasteiger partial charge in [0.2, 0.25) is 4.90 Å². The molecule has 1 spiro atoms. The first kappa shape index (κ1) is 18.4. The van der Waals surface area contributed by atoms with Crippen LogP contribution in [0.5, 0.6) is 0 Å². The average Bonchev–Trinajstić information content (AvgIpc) is 2.76. The lowest BCUT2D eigenvalue weighted by Gasteiger charge is -2.42. The van der Waals surface area contributed by atoms with Crippen molar-refractivity contribution >= 4 is 33.7 Å². The number of nitrogens with one attached hydrogen (secondary N) is 2. The highest BCUT2D eigenvalue weighted by molar-refractivity contribution is 7.96. The fourth-order valence-electron chi connectivity index (χ4n) is 3.66. The Bertz CT molecular complexity index is 940. The number of aromatic nitrogens is 1. The zero-order valence-corrected chi connectivity index (χ0v) is 16.1. The van der Waals surface area contributed by atoms with Gasteiger partial charge in [0.05, 0.1) is 12.1 Å². The van der Waals surface area contributed by atoms with Gasteiger partial charge in [0, 0.05) is 35.9 Å². The van der Waals surface area contributed by atoms with Crippen molar-refractivity contribution in [2.45, 2.75) is 23.3 Å². The fraction of sp³-hybridized carbons (Fsp3) is 0.333. The quantitative estimate of drug-likeness (QED) is 0.708. The van der Waals surface area contributed by atoms with E-state index in [0.29, 0.717) is 29.5 Å². The molecule has 2 aliphatic rings. The van der Waals surface area contributed by atoms with Crippen LogP contribution in [0.1, 0.15) is 23.2 Å². The molecule has 2 unspecified atom stereocenters. The highest BCUT2D eigenvalue weighted by Crippen LogP contribution is 2.33. The van der Waals surface area contributed by atoms with E-state index in [1.54, 1.807) is 41.4 Å². The zero-order valence-electron chi connectivity index (χ0n) is 14.5. The number of piperidine rings is 1. The van der Waals surface area contributed by atoms with E-state index in [4.69, 9.17) is 11.6 Å². The summed E-state index contributed by atoms with van der Waals surface area (Å²) in [4.78, 5) is 19.0. The van der Waals surface area contributed by atoms with Crippen LogP contribution in [0.2, 0.25) is 5.02 Å². The Kier molecular flexibility index (Phi) is 4.67. The number of halogens is 1. The predicted molar refractivity (Wildman–Crippen MR) is 102 cm³/mol. The number of fused-ring (bicyclic) bond motifs is 1. The molecule has 0 aliphatic carbocycles. The molecule has 3 heterocycles. The van der Waals surface area contributed by atoms with Gasteiger partial charge < -0.3 is 14.8 Å². The first-order valence-corrected chi connectivity index (χ1v) is 10.5. The Morgan fingerprint density at radius 3 is 3.00 bits per heavy atom. The number of carbonyl (C=O) groups is 1. The molecule has 1 saturated heterocycles.